The van der Waals surface area contributed by atoms with Gasteiger partial charge in [-0.05, 0) is 30.7 Å². The van der Waals surface area contributed by atoms with Crippen molar-refractivity contribution in [2.45, 2.75) is 13.5 Å². The lowest BCUT2D eigenvalue weighted by molar-refractivity contribution is 0.0600. The van der Waals surface area contributed by atoms with E-state index in [4.69, 9.17) is 5.73 Å². The van der Waals surface area contributed by atoms with Gasteiger partial charge < -0.3 is 10.5 Å². The Morgan fingerprint density at radius 3 is 2.33 bits per heavy atom. The molecule has 0 heterocycles. The summed E-state index contributed by atoms with van der Waals surface area (Å²) < 4.78 is 4.58. The monoisotopic (exact) mass is 207 g/mol. The van der Waals surface area contributed by atoms with Crippen LogP contribution in [0.5, 0.6) is 0 Å². The van der Waals surface area contributed by atoms with Crippen LogP contribution in [0.15, 0.2) is 18.2 Å². The summed E-state index contributed by atoms with van der Waals surface area (Å²) in [7, 11) is 1.30. The second kappa shape index (κ2) is 4.70. The quantitative estimate of drug-likeness (QED) is 0.596. The number of Topliss-reactive ketones (excluding diaryl/α,β-unsaturated/α-hetero) is 1. The maximum atomic E-state index is 11.3. The Kier molecular flexibility index (Phi) is 3.57. The van der Waals surface area contributed by atoms with E-state index in [1.54, 1.807) is 12.1 Å². The third kappa shape index (κ3) is 2.63. The highest BCUT2D eigenvalue weighted by Gasteiger charge is 2.10. The fourth-order valence-corrected chi connectivity index (χ4v) is 1.25. The summed E-state index contributed by atoms with van der Waals surface area (Å²) in [5.74, 6) is -0.566. The second-order valence-electron chi connectivity index (χ2n) is 3.17. The van der Waals surface area contributed by atoms with Crippen LogP contribution in [0.2, 0.25) is 0 Å². The van der Waals surface area contributed by atoms with Gasteiger partial charge in [0, 0.05) is 12.1 Å². The Morgan fingerprint density at radius 2 is 1.87 bits per heavy atom. The van der Waals surface area contributed by atoms with Gasteiger partial charge in [-0.3, -0.25) is 4.79 Å². The predicted molar refractivity (Wildman–Crippen MR) is 55.7 cm³/mol. The molecular formula is C11H13NO3. The van der Waals surface area contributed by atoms with E-state index in [0.717, 1.165) is 5.56 Å². The Hall–Kier alpha value is -1.68. The highest BCUT2D eigenvalue weighted by atomic mass is 16.5. The van der Waals surface area contributed by atoms with E-state index in [1.165, 1.54) is 20.1 Å². The van der Waals surface area contributed by atoms with Crippen LogP contribution in [-0.2, 0) is 11.3 Å². The number of rotatable bonds is 3. The molecule has 0 aliphatic heterocycles. The summed E-state index contributed by atoms with van der Waals surface area (Å²) >= 11 is 0. The SMILES string of the molecule is COC(=O)c1cc(CN)cc(C(C)=O)c1. The summed E-state index contributed by atoms with van der Waals surface area (Å²) in [5, 5.41) is 0. The fourth-order valence-electron chi connectivity index (χ4n) is 1.25. The molecule has 15 heavy (non-hydrogen) atoms. The first-order valence-electron chi connectivity index (χ1n) is 4.51. The summed E-state index contributed by atoms with van der Waals surface area (Å²) in [6.45, 7) is 1.72. The number of carbonyl (C=O) groups excluding carboxylic acids is 2. The number of carbonyl (C=O) groups is 2. The van der Waals surface area contributed by atoms with Gasteiger partial charge in [-0.1, -0.05) is 0 Å². The van der Waals surface area contributed by atoms with Gasteiger partial charge in [0.15, 0.2) is 5.78 Å². The molecule has 0 fully saturated rings. The van der Waals surface area contributed by atoms with Crippen LogP contribution in [0.1, 0.15) is 33.2 Å². The second-order valence-corrected chi connectivity index (χ2v) is 3.17. The molecule has 0 radical (unpaired) electrons. The van der Waals surface area contributed by atoms with E-state index < -0.39 is 5.97 Å². The van der Waals surface area contributed by atoms with Crippen LogP contribution >= 0.6 is 0 Å². The Morgan fingerprint density at radius 1 is 1.27 bits per heavy atom. The normalized spacial score (nSPS) is 9.80. The molecule has 1 aromatic carbocycles. The molecule has 1 aromatic rings. The van der Waals surface area contributed by atoms with E-state index >= 15 is 0 Å². The van der Waals surface area contributed by atoms with Gasteiger partial charge in [0.05, 0.1) is 12.7 Å². The van der Waals surface area contributed by atoms with Crippen molar-refractivity contribution in [3.8, 4) is 0 Å². The molecule has 0 saturated heterocycles. The largest absolute Gasteiger partial charge is 0.465 e. The Bertz CT molecular complexity index is 399. The molecule has 1 rings (SSSR count). The lowest BCUT2D eigenvalue weighted by Gasteiger charge is -2.05. The topological polar surface area (TPSA) is 69.4 Å². The molecule has 0 unspecified atom stereocenters. The standard InChI is InChI=1S/C11H13NO3/c1-7(13)9-3-8(6-12)4-10(5-9)11(14)15-2/h3-5H,6,12H2,1-2H3. The zero-order valence-electron chi connectivity index (χ0n) is 8.74. The van der Waals surface area contributed by atoms with Crippen molar-refractivity contribution in [3.63, 3.8) is 0 Å². The molecule has 0 aliphatic carbocycles. The minimum atomic E-state index is -0.465. The van der Waals surface area contributed by atoms with Gasteiger partial charge in [-0.25, -0.2) is 4.79 Å². The molecule has 4 nitrogen and oxygen atoms in total. The van der Waals surface area contributed by atoms with Crippen molar-refractivity contribution in [2.75, 3.05) is 7.11 Å². The molecule has 80 valence electrons. The van der Waals surface area contributed by atoms with Crippen molar-refractivity contribution < 1.29 is 14.3 Å². The van der Waals surface area contributed by atoms with E-state index in [9.17, 15) is 9.59 Å². The smallest absolute Gasteiger partial charge is 0.337 e. The average molecular weight is 207 g/mol. The fraction of sp³-hybridized carbons (Fsp3) is 0.273. The van der Waals surface area contributed by atoms with Crippen molar-refractivity contribution in [1.29, 1.82) is 0 Å². The highest BCUT2D eigenvalue weighted by molar-refractivity contribution is 5.98. The maximum Gasteiger partial charge on any atom is 0.337 e. The molecule has 0 spiro atoms. The number of ether oxygens (including phenoxy) is 1. The predicted octanol–water partition coefficient (Wildman–Crippen LogP) is 1.13. The first kappa shape index (κ1) is 11.4. The Balaban J connectivity index is 3.23. The summed E-state index contributed by atoms with van der Waals surface area (Å²) in [6.07, 6.45) is 0. The average Bonchev–Trinajstić information content (AvgIpc) is 2.27. The number of ketones is 1. The van der Waals surface area contributed by atoms with Crippen LogP contribution in [0, 0.1) is 0 Å². The first-order valence-corrected chi connectivity index (χ1v) is 4.51. The molecule has 0 aromatic heterocycles. The molecule has 0 amide bonds. The molecule has 0 aliphatic rings. The number of methoxy groups -OCH3 is 1. The van der Waals surface area contributed by atoms with E-state index in [1.807, 2.05) is 0 Å². The maximum absolute atomic E-state index is 11.3. The van der Waals surface area contributed by atoms with Crippen LogP contribution in [0.25, 0.3) is 0 Å². The van der Waals surface area contributed by atoms with Crippen LogP contribution < -0.4 is 5.73 Å². The highest BCUT2D eigenvalue weighted by Crippen LogP contribution is 2.11. The first-order chi connectivity index (χ1) is 7.08. The molecular weight excluding hydrogens is 194 g/mol. The lowest BCUT2D eigenvalue weighted by atomic mass is 10.0. The number of nitrogens with two attached hydrogens (primary N) is 1. The lowest BCUT2D eigenvalue weighted by Crippen LogP contribution is -2.07. The van der Waals surface area contributed by atoms with Crippen LogP contribution in [0.3, 0.4) is 0 Å². The summed E-state index contributed by atoms with van der Waals surface area (Å²) in [4.78, 5) is 22.5. The molecule has 0 bridgehead atoms. The van der Waals surface area contributed by atoms with Crippen LogP contribution in [0.4, 0.5) is 0 Å². The minimum Gasteiger partial charge on any atom is -0.465 e. The third-order valence-electron chi connectivity index (χ3n) is 2.06. The van der Waals surface area contributed by atoms with E-state index in [0.29, 0.717) is 11.1 Å². The summed E-state index contributed by atoms with van der Waals surface area (Å²) in [6, 6.07) is 4.81. The Labute approximate surface area is 88.0 Å². The number of benzene rings is 1. The van der Waals surface area contributed by atoms with Crippen molar-refractivity contribution in [2.24, 2.45) is 5.73 Å². The zero-order valence-corrected chi connectivity index (χ0v) is 8.74. The summed E-state index contributed by atoms with van der Waals surface area (Å²) in [5.41, 5.74) is 7.03. The van der Waals surface area contributed by atoms with Gasteiger partial charge in [0.2, 0.25) is 0 Å². The molecule has 0 atom stereocenters. The number of hydrogen-bond acceptors (Lipinski definition) is 4. The van der Waals surface area contributed by atoms with Gasteiger partial charge in [-0.15, -0.1) is 0 Å². The van der Waals surface area contributed by atoms with Crippen molar-refractivity contribution in [1.82, 2.24) is 0 Å². The van der Waals surface area contributed by atoms with E-state index in [-0.39, 0.29) is 12.3 Å². The molecule has 4 heteroatoms. The van der Waals surface area contributed by atoms with Crippen LogP contribution in [-0.4, -0.2) is 18.9 Å². The third-order valence-corrected chi connectivity index (χ3v) is 2.06. The van der Waals surface area contributed by atoms with Crippen molar-refractivity contribution in [3.05, 3.63) is 34.9 Å². The number of hydrogen-bond donors (Lipinski definition) is 1. The molecule has 2 N–H and O–H groups in total. The van der Waals surface area contributed by atoms with Gasteiger partial charge in [-0.2, -0.15) is 0 Å². The van der Waals surface area contributed by atoms with Gasteiger partial charge in [0.25, 0.3) is 0 Å². The van der Waals surface area contributed by atoms with Gasteiger partial charge in [0.1, 0.15) is 0 Å². The zero-order chi connectivity index (χ0) is 11.4. The van der Waals surface area contributed by atoms with E-state index in [2.05, 4.69) is 4.74 Å². The van der Waals surface area contributed by atoms with Gasteiger partial charge >= 0.3 is 5.97 Å². The minimum absolute atomic E-state index is 0.101. The number of esters is 1. The molecule has 0 saturated carbocycles. The van der Waals surface area contributed by atoms with Crippen molar-refractivity contribution >= 4 is 11.8 Å².